The number of nitro benzene ring substituents is 1. The molecule has 1 saturated heterocycles. The van der Waals surface area contributed by atoms with E-state index in [0.717, 1.165) is 42.7 Å². The molecule has 0 atom stereocenters. The number of aryl methyl sites for hydroxylation is 1. The van der Waals surface area contributed by atoms with Gasteiger partial charge in [-0.3, -0.25) is 14.9 Å². The Morgan fingerprint density at radius 2 is 2.12 bits per heavy atom. The van der Waals surface area contributed by atoms with Crippen LogP contribution < -0.4 is 10.2 Å². The fraction of sp³-hybridized carbons (Fsp3) is 0.444. The lowest BCUT2D eigenvalue weighted by Crippen LogP contribution is -2.40. The maximum atomic E-state index is 12.0. The van der Waals surface area contributed by atoms with Crippen molar-refractivity contribution in [2.24, 2.45) is 5.92 Å². The van der Waals surface area contributed by atoms with E-state index < -0.39 is 0 Å². The van der Waals surface area contributed by atoms with E-state index in [1.807, 2.05) is 26.0 Å². The number of para-hydroxylation sites is 1. The summed E-state index contributed by atoms with van der Waals surface area (Å²) in [5.41, 5.74) is 2.16. The average molecular weight is 342 g/mol. The Kier molecular flexibility index (Phi) is 4.83. The number of nitrogens with one attached hydrogen (secondary N) is 1. The van der Waals surface area contributed by atoms with Crippen molar-refractivity contribution in [2.75, 3.05) is 24.5 Å². The van der Waals surface area contributed by atoms with Crippen molar-refractivity contribution in [3.8, 4) is 0 Å². The largest absolute Gasteiger partial charge is 0.371 e. The Morgan fingerprint density at radius 3 is 2.76 bits per heavy atom. The summed E-state index contributed by atoms with van der Waals surface area (Å²) in [6.45, 7) is 5.93. The highest BCUT2D eigenvalue weighted by atomic mass is 16.6. The van der Waals surface area contributed by atoms with E-state index in [-0.39, 0.29) is 22.4 Å². The Morgan fingerprint density at radius 1 is 1.40 bits per heavy atom. The van der Waals surface area contributed by atoms with E-state index in [2.05, 4.69) is 15.2 Å². The van der Waals surface area contributed by atoms with Crippen LogP contribution in [0, 0.1) is 23.0 Å². The molecule has 0 spiro atoms. The molecule has 0 radical (unpaired) electrons. The normalized spacial score (nSPS) is 15.4. The Bertz CT molecular complexity index is 813. The molecule has 7 nitrogen and oxygen atoms in total. The number of piperidine rings is 1. The van der Waals surface area contributed by atoms with Gasteiger partial charge in [-0.05, 0) is 32.8 Å². The zero-order valence-electron chi connectivity index (χ0n) is 14.5. The van der Waals surface area contributed by atoms with Crippen LogP contribution in [0.5, 0.6) is 0 Å². The summed E-state index contributed by atoms with van der Waals surface area (Å²) in [5, 5.41) is 15.0. The summed E-state index contributed by atoms with van der Waals surface area (Å²) in [6.07, 6.45) is 1.56. The van der Waals surface area contributed by atoms with Crippen molar-refractivity contribution < 1.29 is 9.72 Å². The van der Waals surface area contributed by atoms with Crippen molar-refractivity contribution in [1.29, 1.82) is 0 Å². The van der Waals surface area contributed by atoms with Gasteiger partial charge in [0, 0.05) is 48.4 Å². The van der Waals surface area contributed by atoms with E-state index in [1.165, 1.54) is 6.07 Å². The Hall–Kier alpha value is -2.70. The van der Waals surface area contributed by atoms with Crippen LogP contribution in [0.4, 0.5) is 11.4 Å². The van der Waals surface area contributed by atoms with Crippen molar-refractivity contribution in [2.45, 2.75) is 26.7 Å². The van der Waals surface area contributed by atoms with Crippen LogP contribution in [0.3, 0.4) is 0 Å². The number of nitrogens with zero attached hydrogens (tertiary/aromatic N) is 3. The number of carbonyl (C=O) groups is 1. The second kappa shape index (κ2) is 7.04. The first-order chi connectivity index (χ1) is 12.0. The number of hydrogen-bond acceptors (Lipinski definition) is 5. The van der Waals surface area contributed by atoms with Crippen molar-refractivity contribution in [1.82, 2.24) is 10.3 Å². The van der Waals surface area contributed by atoms with Gasteiger partial charge in [0.05, 0.1) is 4.92 Å². The number of hydrogen-bond donors (Lipinski definition) is 1. The fourth-order valence-electron chi connectivity index (χ4n) is 3.45. The van der Waals surface area contributed by atoms with E-state index in [4.69, 9.17) is 0 Å². The minimum atomic E-state index is -0.389. The SMILES string of the molecule is CCNC(=O)C1CCN(c2cc(C)nc3c([N+](=O)[O-])cccc23)CC1. The number of carbonyl (C=O) groups excluding carboxylic acids is 1. The zero-order chi connectivity index (χ0) is 18.0. The number of benzene rings is 1. The van der Waals surface area contributed by atoms with Crippen LogP contribution in [0.1, 0.15) is 25.5 Å². The maximum absolute atomic E-state index is 12.0. The minimum Gasteiger partial charge on any atom is -0.371 e. The molecule has 1 aromatic heterocycles. The molecule has 1 aliphatic heterocycles. The second-order valence-electron chi connectivity index (χ2n) is 6.37. The third kappa shape index (κ3) is 3.40. The number of pyridine rings is 1. The first-order valence-corrected chi connectivity index (χ1v) is 8.58. The molecule has 0 saturated carbocycles. The van der Waals surface area contributed by atoms with Gasteiger partial charge in [-0.25, -0.2) is 4.98 Å². The molecular weight excluding hydrogens is 320 g/mol. The van der Waals surface area contributed by atoms with Gasteiger partial charge in [-0.15, -0.1) is 0 Å². The van der Waals surface area contributed by atoms with Gasteiger partial charge in [0.25, 0.3) is 5.69 Å². The molecule has 0 bridgehead atoms. The predicted molar refractivity (Wildman–Crippen MR) is 96.8 cm³/mol. The fourth-order valence-corrected chi connectivity index (χ4v) is 3.45. The van der Waals surface area contributed by atoms with Gasteiger partial charge in [0.2, 0.25) is 5.91 Å². The number of anilines is 1. The number of non-ortho nitro benzene ring substituents is 1. The minimum absolute atomic E-state index is 0.0275. The molecule has 0 unspecified atom stereocenters. The van der Waals surface area contributed by atoms with E-state index in [9.17, 15) is 14.9 Å². The first-order valence-electron chi connectivity index (χ1n) is 8.58. The lowest BCUT2D eigenvalue weighted by molar-refractivity contribution is -0.383. The molecule has 0 aliphatic carbocycles. The van der Waals surface area contributed by atoms with Gasteiger partial charge in [0.15, 0.2) is 5.52 Å². The molecule has 2 aromatic rings. The molecule has 1 aliphatic rings. The van der Waals surface area contributed by atoms with Gasteiger partial charge < -0.3 is 10.2 Å². The molecular formula is C18H22N4O3. The molecule has 132 valence electrons. The molecule has 3 rings (SSSR count). The quantitative estimate of drug-likeness (QED) is 0.682. The highest BCUT2D eigenvalue weighted by Crippen LogP contribution is 2.34. The van der Waals surface area contributed by atoms with Crippen molar-refractivity contribution in [3.63, 3.8) is 0 Å². The van der Waals surface area contributed by atoms with Gasteiger partial charge in [0.1, 0.15) is 0 Å². The highest BCUT2D eigenvalue weighted by molar-refractivity contribution is 5.97. The van der Waals surface area contributed by atoms with Crippen LogP contribution in [-0.4, -0.2) is 35.4 Å². The summed E-state index contributed by atoms with van der Waals surface area (Å²) < 4.78 is 0. The summed E-state index contributed by atoms with van der Waals surface area (Å²) in [6, 6.07) is 7.03. The predicted octanol–water partition coefficient (Wildman–Crippen LogP) is 2.80. The topological polar surface area (TPSA) is 88.4 Å². The van der Waals surface area contributed by atoms with Gasteiger partial charge >= 0.3 is 0 Å². The molecule has 7 heteroatoms. The molecule has 1 amide bonds. The number of rotatable bonds is 4. The van der Waals surface area contributed by atoms with Crippen molar-refractivity contribution in [3.05, 3.63) is 40.1 Å². The standard InChI is InChI=1S/C18H22N4O3/c1-3-19-18(23)13-7-9-21(10-8-13)16-11-12(2)20-17-14(16)5-4-6-15(17)22(24)25/h4-6,11,13H,3,7-10H2,1-2H3,(H,19,23). The zero-order valence-corrected chi connectivity index (χ0v) is 14.5. The molecule has 1 fully saturated rings. The molecule has 1 aromatic carbocycles. The number of nitro groups is 1. The Balaban J connectivity index is 1.91. The summed E-state index contributed by atoms with van der Waals surface area (Å²) in [4.78, 5) is 29.5. The van der Waals surface area contributed by atoms with Crippen LogP contribution in [0.25, 0.3) is 10.9 Å². The van der Waals surface area contributed by atoms with E-state index in [1.54, 1.807) is 6.07 Å². The van der Waals surface area contributed by atoms with Crippen molar-refractivity contribution >= 4 is 28.2 Å². The first kappa shape index (κ1) is 17.1. The smallest absolute Gasteiger partial charge is 0.295 e. The molecule has 25 heavy (non-hydrogen) atoms. The third-order valence-electron chi connectivity index (χ3n) is 4.68. The Labute approximate surface area is 146 Å². The molecule has 2 heterocycles. The van der Waals surface area contributed by atoms with Crippen LogP contribution >= 0.6 is 0 Å². The number of fused-ring (bicyclic) bond motifs is 1. The monoisotopic (exact) mass is 342 g/mol. The second-order valence-corrected chi connectivity index (χ2v) is 6.37. The van der Waals surface area contributed by atoms with Crippen LogP contribution in [0.15, 0.2) is 24.3 Å². The van der Waals surface area contributed by atoms with Gasteiger partial charge in [-0.1, -0.05) is 12.1 Å². The van der Waals surface area contributed by atoms with Gasteiger partial charge in [-0.2, -0.15) is 0 Å². The van der Waals surface area contributed by atoms with E-state index >= 15 is 0 Å². The lowest BCUT2D eigenvalue weighted by Gasteiger charge is -2.33. The highest BCUT2D eigenvalue weighted by Gasteiger charge is 2.26. The summed E-state index contributed by atoms with van der Waals surface area (Å²) in [7, 11) is 0. The molecule has 1 N–H and O–H groups in total. The van der Waals surface area contributed by atoms with E-state index in [0.29, 0.717) is 12.1 Å². The summed E-state index contributed by atoms with van der Waals surface area (Å²) >= 11 is 0. The van der Waals surface area contributed by atoms with Crippen LogP contribution in [-0.2, 0) is 4.79 Å². The number of amides is 1. The maximum Gasteiger partial charge on any atom is 0.295 e. The third-order valence-corrected chi connectivity index (χ3v) is 4.68. The van der Waals surface area contributed by atoms with Crippen LogP contribution in [0.2, 0.25) is 0 Å². The summed E-state index contributed by atoms with van der Waals surface area (Å²) in [5.74, 6) is 0.160. The lowest BCUT2D eigenvalue weighted by atomic mass is 9.95. The average Bonchev–Trinajstić information content (AvgIpc) is 2.60. The number of aromatic nitrogens is 1.